The second-order valence-electron chi connectivity index (χ2n) is 7.93. The van der Waals surface area contributed by atoms with Crippen molar-refractivity contribution in [3.8, 4) is 0 Å². The number of nitrogens with zero attached hydrogens (tertiary/aromatic N) is 4. The van der Waals surface area contributed by atoms with Gasteiger partial charge >= 0.3 is 169 Å². The van der Waals surface area contributed by atoms with Crippen LogP contribution in [0.3, 0.4) is 0 Å². The predicted molar refractivity (Wildman–Crippen MR) is 143 cm³/mol. The van der Waals surface area contributed by atoms with Gasteiger partial charge in [0.25, 0.3) is 0 Å². The zero-order valence-corrected chi connectivity index (χ0v) is 25.5. The van der Waals surface area contributed by atoms with Crippen molar-refractivity contribution in [3.63, 3.8) is 0 Å². The van der Waals surface area contributed by atoms with Crippen molar-refractivity contribution < 1.29 is 57.8 Å². The Morgan fingerprint density at radius 2 is 0.878 bits per heavy atom. The second kappa shape index (κ2) is 14.4. The Balaban J connectivity index is 0.000000433. The minimum absolute atomic E-state index is 1.22. The zero-order valence-electron chi connectivity index (χ0n) is 21.7. The molecular formula is C22H25F6IN4O6S2. The Morgan fingerprint density at radius 3 is 1.10 bits per heavy atom. The first-order valence-electron chi connectivity index (χ1n) is 10.7. The molecule has 0 amide bonds. The van der Waals surface area contributed by atoms with Gasteiger partial charge in [-0.1, -0.05) is 0 Å². The summed E-state index contributed by atoms with van der Waals surface area (Å²) in [4.78, 5) is 4.26. The summed E-state index contributed by atoms with van der Waals surface area (Å²) >= 11 is -1.83. The Labute approximate surface area is 241 Å². The van der Waals surface area contributed by atoms with Crippen LogP contribution in [0.2, 0.25) is 0 Å². The molecule has 2 heterocycles. The standard InChI is InChI=1S/C20H25IN4.2CHF3O3S/c1-22(2)19-10-14-24(15-11-19)21(18-8-6-5-7-9-18)25-16-12-20(13-17-25)23(3)4;2*2-1(3,4)8(5,6)7/h5-17H,1-4H3;2*(H,5,6,7)/q+2;;/p-2. The molecule has 19 heteroatoms. The molecule has 3 aromatic rings. The minimum Gasteiger partial charge on any atom is -0.741 e. The maximum absolute atomic E-state index is 10.7. The minimum atomic E-state index is -6.09. The largest absolute Gasteiger partial charge is 0.741 e. The summed E-state index contributed by atoms with van der Waals surface area (Å²) in [7, 11) is -3.89. The van der Waals surface area contributed by atoms with Crippen LogP contribution in [0.25, 0.3) is 0 Å². The molecular weight excluding hydrogens is 721 g/mol. The fraction of sp³-hybridized carbons (Fsp3) is 0.273. The number of rotatable bonds is 5. The molecule has 0 spiro atoms. The molecule has 0 atom stereocenters. The van der Waals surface area contributed by atoms with Crippen molar-refractivity contribution in [1.82, 2.24) is 0 Å². The van der Waals surface area contributed by atoms with Crippen molar-refractivity contribution in [3.05, 3.63) is 83.0 Å². The van der Waals surface area contributed by atoms with Gasteiger partial charge in [0.2, 0.25) is 0 Å². The van der Waals surface area contributed by atoms with Crippen molar-refractivity contribution in [1.29, 1.82) is 0 Å². The van der Waals surface area contributed by atoms with Crippen molar-refractivity contribution in [2.75, 3.05) is 38.0 Å². The van der Waals surface area contributed by atoms with Gasteiger partial charge in [0, 0.05) is 0 Å². The van der Waals surface area contributed by atoms with E-state index in [1.54, 1.807) is 0 Å². The van der Waals surface area contributed by atoms with E-state index >= 15 is 0 Å². The van der Waals surface area contributed by atoms with E-state index in [4.69, 9.17) is 25.9 Å². The molecule has 0 unspecified atom stereocenters. The van der Waals surface area contributed by atoms with E-state index in [9.17, 15) is 26.3 Å². The number of hydrogen-bond donors (Lipinski definition) is 0. The topological polar surface area (TPSA) is 129 Å². The van der Waals surface area contributed by atoms with Crippen LogP contribution in [0.5, 0.6) is 0 Å². The number of anilines is 2. The van der Waals surface area contributed by atoms with Crippen LogP contribution in [0.15, 0.2) is 79.4 Å². The smallest absolute Gasteiger partial charge is 0.485 e. The number of pyridine rings is 2. The normalized spacial score (nSPS) is 12.2. The monoisotopic (exact) mass is 746 g/mol. The maximum atomic E-state index is 10.7. The number of halogens is 7. The van der Waals surface area contributed by atoms with Crippen molar-refractivity contribution in [2.45, 2.75) is 11.0 Å². The van der Waals surface area contributed by atoms with Crippen LogP contribution in [-0.4, -0.2) is 65.1 Å². The number of alkyl halides is 6. The maximum Gasteiger partial charge on any atom is 0.485 e. The first-order valence-corrected chi connectivity index (χ1v) is 16.6. The zero-order chi connectivity index (χ0) is 31.8. The molecule has 0 saturated carbocycles. The van der Waals surface area contributed by atoms with Gasteiger partial charge in [0.1, 0.15) is 0 Å². The number of hydrogen-bond acceptors (Lipinski definition) is 8. The summed E-state index contributed by atoms with van der Waals surface area (Å²) in [6.07, 6.45) is 8.83. The van der Waals surface area contributed by atoms with Gasteiger partial charge in [0.05, 0.1) is 0 Å². The van der Waals surface area contributed by atoms with Crippen LogP contribution in [0, 0.1) is 3.57 Å². The molecule has 10 nitrogen and oxygen atoms in total. The molecule has 0 N–H and O–H groups in total. The quantitative estimate of drug-likeness (QED) is 0.169. The third kappa shape index (κ3) is 11.6. The summed E-state index contributed by atoms with van der Waals surface area (Å²) in [5.41, 5.74) is -8.86. The Kier molecular flexibility index (Phi) is 12.8. The first kappa shape index (κ1) is 36.3. The van der Waals surface area contributed by atoms with Gasteiger partial charge < -0.3 is 9.11 Å². The van der Waals surface area contributed by atoms with Gasteiger partial charge in [-0.3, -0.25) is 0 Å². The van der Waals surface area contributed by atoms with Crippen LogP contribution in [0.1, 0.15) is 0 Å². The predicted octanol–water partition coefficient (Wildman–Crippen LogP) is 3.10. The Bertz CT molecular complexity index is 1360. The van der Waals surface area contributed by atoms with Crippen LogP contribution in [0.4, 0.5) is 37.7 Å². The molecule has 0 saturated heterocycles. The van der Waals surface area contributed by atoms with E-state index in [-0.39, 0.29) is 0 Å². The number of aromatic nitrogens is 2. The Morgan fingerprint density at radius 1 is 0.610 bits per heavy atom. The summed E-state index contributed by atoms with van der Waals surface area (Å²) in [6.45, 7) is 0. The van der Waals surface area contributed by atoms with E-state index in [1.165, 1.54) is 14.9 Å². The van der Waals surface area contributed by atoms with E-state index < -0.39 is 51.6 Å². The molecule has 41 heavy (non-hydrogen) atoms. The molecule has 0 aliphatic rings. The molecule has 2 aromatic heterocycles. The average molecular weight is 746 g/mol. The van der Waals surface area contributed by atoms with E-state index in [0.29, 0.717) is 0 Å². The second-order valence-corrected chi connectivity index (χ2v) is 15.5. The SMILES string of the molecule is CN(C)c1cc[n+](I(c2ccccc2)[n+]2ccc(N(C)C)cc2)cc1.O=S(=O)([O-])C(F)(F)F.O=S(=O)([O-])C(F)(F)F. The number of benzene rings is 1. The molecule has 0 bridgehead atoms. The van der Waals surface area contributed by atoms with Gasteiger partial charge in [0.15, 0.2) is 20.2 Å². The summed E-state index contributed by atoms with van der Waals surface area (Å²) in [6, 6.07) is 19.5. The van der Waals surface area contributed by atoms with Gasteiger partial charge in [-0.05, 0) is 0 Å². The average Bonchev–Trinajstić information content (AvgIpc) is 2.84. The fourth-order valence-corrected chi connectivity index (χ4v) is 7.25. The molecule has 0 aliphatic carbocycles. The summed E-state index contributed by atoms with van der Waals surface area (Å²) in [5, 5.41) is 0. The molecule has 0 radical (unpaired) electrons. The van der Waals surface area contributed by atoms with E-state index in [0.717, 1.165) is 0 Å². The van der Waals surface area contributed by atoms with E-state index in [2.05, 4.69) is 123 Å². The molecule has 230 valence electrons. The molecule has 0 fully saturated rings. The molecule has 1 aromatic carbocycles. The van der Waals surface area contributed by atoms with Gasteiger partial charge in [-0.2, -0.15) is 26.3 Å². The van der Waals surface area contributed by atoms with Gasteiger partial charge in [-0.15, -0.1) is 0 Å². The van der Waals surface area contributed by atoms with Crippen molar-refractivity contribution >= 4 is 52.0 Å². The van der Waals surface area contributed by atoms with Crippen LogP contribution < -0.4 is 15.4 Å². The first-order chi connectivity index (χ1) is 18.6. The van der Waals surface area contributed by atoms with Gasteiger partial charge in [-0.25, -0.2) is 16.8 Å². The molecule has 3 rings (SSSR count). The summed E-state index contributed by atoms with van der Waals surface area (Å²) < 4.78 is 124. The third-order valence-electron chi connectivity index (χ3n) is 4.45. The van der Waals surface area contributed by atoms with E-state index in [1.807, 2.05) is 0 Å². The third-order valence-corrected chi connectivity index (χ3v) is 10.8. The van der Waals surface area contributed by atoms with Crippen molar-refractivity contribution in [2.24, 2.45) is 0 Å². The molecule has 0 aliphatic heterocycles. The summed E-state index contributed by atoms with van der Waals surface area (Å²) in [5.74, 6) is 0. The Hall–Kier alpha value is -2.75. The van der Waals surface area contributed by atoms with Crippen LogP contribution >= 0.6 is 20.4 Å². The van der Waals surface area contributed by atoms with Crippen LogP contribution in [-0.2, 0) is 20.2 Å². The fourth-order valence-electron chi connectivity index (χ4n) is 2.46.